The Morgan fingerprint density at radius 3 is 2.84 bits per heavy atom. The Kier molecular flexibility index (Phi) is 3.49. The van der Waals surface area contributed by atoms with Gasteiger partial charge in [-0.2, -0.15) is 0 Å². The van der Waals surface area contributed by atoms with E-state index < -0.39 is 17.7 Å². The van der Waals surface area contributed by atoms with Gasteiger partial charge in [-0.05, 0) is 36.8 Å². The highest BCUT2D eigenvalue weighted by Crippen LogP contribution is 2.58. The second-order valence-electron chi connectivity index (χ2n) is 6.27. The number of halogens is 1. The van der Waals surface area contributed by atoms with E-state index in [9.17, 15) is 15.0 Å². The largest absolute Gasteiger partial charge is 0.494 e. The molecule has 0 radical (unpaired) electrons. The zero-order valence-electron chi connectivity index (χ0n) is 13.6. The Bertz CT molecular complexity index is 932. The third-order valence-electron chi connectivity index (χ3n) is 4.63. The fourth-order valence-corrected chi connectivity index (χ4v) is 3.72. The number of aromatic nitrogens is 1. The maximum absolute atomic E-state index is 11.2. The van der Waals surface area contributed by atoms with Crippen molar-refractivity contribution in [3.63, 3.8) is 0 Å². The van der Waals surface area contributed by atoms with Gasteiger partial charge in [0.2, 0.25) is 11.8 Å². The number of aryl methyl sites for hydroxylation is 1. The standard InChI is InChI=1S/C18H16BrNO5/c1-9-7-11(3-4-12(9)19)20-16(22)14-13-5-6-18(25-13,8-24-10(2)21)15(14)17(20)23/h3-7,13,22-23H,8H2,1-2H3. The summed E-state index contributed by atoms with van der Waals surface area (Å²) < 4.78 is 13.3. The van der Waals surface area contributed by atoms with Gasteiger partial charge in [0, 0.05) is 11.4 Å². The van der Waals surface area contributed by atoms with Crippen molar-refractivity contribution in [2.24, 2.45) is 0 Å². The van der Waals surface area contributed by atoms with Crippen molar-refractivity contribution in [1.29, 1.82) is 0 Å². The van der Waals surface area contributed by atoms with Gasteiger partial charge in [0.1, 0.15) is 12.7 Å². The molecule has 4 rings (SSSR count). The molecule has 0 fully saturated rings. The topological polar surface area (TPSA) is 80.9 Å². The van der Waals surface area contributed by atoms with Gasteiger partial charge in [-0.1, -0.05) is 22.0 Å². The molecule has 0 saturated heterocycles. The lowest BCUT2D eigenvalue weighted by Gasteiger charge is -2.23. The molecule has 1 aromatic carbocycles. The summed E-state index contributed by atoms with van der Waals surface area (Å²) in [6.45, 7) is 3.18. The van der Waals surface area contributed by atoms with Crippen LogP contribution in [-0.4, -0.2) is 27.4 Å². The Morgan fingerprint density at radius 1 is 1.40 bits per heavy atom. The molecule has 2 bridgehead atoms. The number of fused-ring (bicyclic) bond motifs is 5. The van der Waals surface area contributed by atoms with E-state index in [1.165, 1.54) is 11.5 Å². The zero-order valence-corrected chi connectivity index (χ0v) is 15.2. The molecular formula is C18H16BrNO5. The van der Waals surface area contributed by atoms with Crippen molar-refractivity contribution in [3.8, 4) is 17.4 Å². The molecule has 2 atom stereocenters. The van der Waals surface area contributed by atoms with Gasteiger partial charge < -0.3 is 19.7 Å². The van der Waals surface area contributed by atoms with Crippen LogP contribution in [0.4, 0.5) is 0 Å². The first-order chi connectivity index (χ1) is 11.8. The highest BCUT2D eigenvalue weighted by molar-refractivity contribution is 9.10. The predicted molar refractivity (Wildman–Crippen MR) is 92.8 cm³/mol. The van der Waals surface area contributed by atoms with E-state index in [4.69, 9.17) is 9.47 Å². The van der Waals surface area contributed by atoms with E-state index in [2.05, 4.69) is 15.9 Å². The number of hydrogen-bond acceptors (Lipinski definition) is 5. The number of carbonyl (C=O) groups is 1. The minimum absolute atomic E-state index is 0.0568. The van der Waals surface area contributed by atoms with Crippen LogP contribution >= 0.6 is 15.9 Å². The Morgan fingerprint density at radius 2 is 2.16 bits per heavy atom. The molecule has 0 aliphatic carbocycles. The van der Waals surface area contributed by atoms with Gasteiger partial charge in [0.25, 0.3) is 0 Å². The monoisotopic (exact) mass is 405 g/mol. The summed E-state index contributed by atoms with van der Waals surface area (Å²) in [6, 6.07) is 5.50. The highest BCUT2D eigenvalue weighted by atomic mass is 79.9. The molecule has 7 heteroatoms. The average Bonchev–Trinajstić information content (AvgIpc) is 3.20. The Labute approximate surface area is 152 Å². The average molecular weight is 406 g/mol. The third-order valence-corrected chi connectivity index (χ3v) is 5.52. The molecule has 2 aliphatic heterocycles. The molecule has 2 N–H and O–H groups in total. The number of esters is 1. The van der Waals surface area contributed by atoms with Crippen LogP contribution in [0.1, 0.15) is 29.7 Å². The van der Waals surface area contributed by atoms with Gasteiger partial charge in [-0.25, -0.2) is 0 Å². The van der Waals surface area contributed by atoms with Gasteiger partial charge in [0.05, 0.1) is 16.8 Å². The van der Waals surface area contributed by atoms with E-state index in [0.29, 0.717) is 16.8 Å². The molecule has 0 amide bonds. The second-order valence-corrected chi connectivity index (χ2v) is 7.13. The minimum atomic E-state index is -1.07. The van der Waals surface area contributed by atoms with Crippen molar-refractivity contribution in [2.45, 2.75) is 25.6 Å². The normalized spacial score (nSPS) is 23.1. The summed E-state index contributed by atoms with van der Waals surface area (Å²) >= 11 is 3.44. The van der Waals surface area contributed by atoms with Gasteiger partial charge >= 0.3 is 5.97 Å². The van der Waals surface area contributed by atoms with Crippen LogP contribution < -0.4 is 0 Å². The summed E-state index contributed by atoms with van der Waals surface area (Å²) in [4.78, 5) is 11.2. The lowest BCUT2D eigenvalue weighted by atomic mass is 9.90. The number of carbonyl (C=O) groups excluding carboxylic acids is 1. The first-order valence-corrected chi connectivity index (χ1v) is 8.57. The molecule has 3 heterocycles. The van der Waals surface area contributed by atoms with Crippen LogP contribution in [0.5, 0.6) is 11.8 Å². The van der Waals surface area contributed by atoms with Crippen molar-refractivity contribution >= 4 is 21.9 Å². The summed E-state index contributed by atoms with van der Waals surface area (Å²) in [5, 5.41) is 21.6. The lowest BCUT2D eigenvalue weighted by molar-refractivity contribution is -0.149. The highest BCUT2D eigenvalue weighted by Gasteiger charge is 2.53. The van der Waals surface area contributed by atoms with Crippen LogP contribution in [0.2, 0.25) is 0 Å². The van der Waals surface area contributed by atoms with Crippen LogP contribution in [-0.2, 0) is 19.9 Å². The SMILES string of the molecule is CC(=O)OCC12C=CC(O1)c1c2c(O)n(-c2ccc(Br)c(C)c2)c1O. The number of benzene rings is 1. The predicted octanol–water partition coefficient (Wildman–Crippen LogP) is 3.36. The zero-order chi connectivity index (χ0) is 17.9. The number of nitrogens with zero attached hydrogens (tertiary/aromatic N) is 1. The fraction of sp³-hybridized carbons (Fsp3) is 0.278. The third kappa shape index (κ3) is 2.22. The summed E-state index contributed by atoms with van der Waals surface area (Å²) in [5.74, 6) is -0.628. The van der Waals surface area contributed by atoms with Crippen molar-refractivity contribution in [3.05, 3.63) is 51.5 Å². The maximum Gasteiger partial charge on any atom is 0.302 e. The summed E-state index contributed by atoms with van der Waals surface area (Å²) in [7, 11) is 0. The molecule has 25 heavy (non-hydrogen) atoms. The van der Waals surface area contributed by atoms with Crippen LogP contribution in [0.15, 0.2) is 34.8 Å². The Hall–Kier alpha value is -2.25. The number of ether oxygens (including phenoxy) is 2. The molecule has 2 aliphatic rings. The number of rotatable bonds is 3. The maximum atomic E-state index is 11.2. The van der Waals surface area contributed by atoms with E-state index in [-0.39, 0.29) is 18.4 Å². The molecule has 2 aromatic rings. The summed E-state index contributed by atoms with van der Waals surface area (Å²) in [5.41, 5.74) is 1.49. The summed E-state index contributed by atoms with van der Waals surface area (Å²) in [6.07, 6.45) is 3.08. The molecule has 130 valence electrons. The fourth-order valence-electron chi connectivity index (χ4n) is 3.47. The molecule has 1 aromatic heterocycles. The van der Waals surface area contributed by atoms with Crippen molar-refractivity contribution in [2.75, 3.05) is 6.61 Å². The van der Waals surface area contributed by atoms with E-state index in [0.717, 1.165) is 10.0 Å². The molecule has 0 saturated carbocycles. The van der Waals surface area contributed by atoms with Crippen molar-refractivity contribution < 1.29 is 24.5 Å². The van der Waals surface area contributed by atoms with E-state index in [1.54, 1.807) is 18.2 Å². The first kappa shape index (κ1) is 16.2. The van der Waals surface area contributed by atoms with E-state index >= 15 is 0 Å². The number of aromatic hydroxyl groups is 2. The molecule has 6 nitrogen and oxygen atoms in total. The smallest absolute Gasteiger partial charge is 0.302 e. The molecule has 2 unspecified atom stereocenters. The van der Waals surface area contributed by atoms with Crippen LogP contribution in [0, 0.1) is 6.92 Å². The van der Waals surface area contributed by atoms with Crippen LogP contribution in [0.3, 0.4) is 0 Å². The second kappa shape index (κ2) is 5.37. The molecular weight excluding hydrogens is 390 g/mol. The van der Waals surface area contributed by atoms with Gasteiger partial charge in [-0.3, -0.25) is 9.36 Å². The first-order valence-electron chi connectivity index (χ1n) is 7.78. The minimum Gasteiger partial charge on any atom is -0.494 e. The quantitative estimate of drug-likeness (QED) is 0.604. The molecule has 0 spiro atoms. The van der Waals surface area contributed by atoms with Gasteiger partial charge in [-0.15, -0.1) is 0 Å². The van der Waals surface area contributed by atoms with E-state index in [1.807, 2.05) is 19.1 Å². The number of hydrogen-bond donors (Lipinski definition) is 2. The van der Waals surface area contributed by atoms with Crippen molar-refractivity contribution in [1.82, 2.24) is 4.57 Å². The van der Waals surface area contributed by atoms with Crippen LogP contribution in [0.25, 0.3) is 5.69 Å². The Balaban J connectivity index is 1.86. The van der Waals surface area contributed by atoms with Gasteiger partial charge in [0.15, 0.2) is 5.60 Å². The lowest BCUT2D eigenvalue weighted by Crippen LogP contribution is -2.28.